The molecule has 1 aliphatic rings. The van der Waals surface area contributed by atoms with Crippen LogP contribution in [0.2, 0.25) is 5.02 Å². The molecule has 6 nitrogen and oxygen atoms in total. The van der Waals surface area contributed by atoms with Crippen molar-refractivity contribution in [2.75, 3.05) is 26.7 Å². The van der Waals surface area contributed by atoms with Crippen LogP contribution in [0.5, 0.6) is 0 Å². The van der Waals surface area contributed by atoms with Gasteiger partial charge in [-0.1, -0.05) is 55.3 Å². The maximum absolute atomic E-state index is 13.7. The summed E-state index contributed by atoms with van der Waals surface area (Å²) in [5.74, 6) is -0.507. The number of aryl methyl sites for hydroxylation is 1. The Labute approximate surface area is 225 Å². The summed E-state index contributed by atoms with van der Waals surface area (Å²) in [4.78, 5) is 20.8. The number of piperazine rings is 1. The van der Waals surface area contributed by atoms with Crippen LogP contribution in [0.25, 0.3) is 0 Å². The van der Waals surface area contributed by atoms with E-state index in [0.29, 0.717) is 19.0 Å². The Balaban J connectivity index is 2.39. The van der Waals surface area contributed by atoms with Crippen LogP contribution < -0.4 is 0 Å². The topological polar surface area (TPSA) is 68.9 Å². The fourth-order valence-electron chi connectivity index (χ4n) is 4.57. The third-order valence-electron chi connectivity index (χ3n) is 6.52. The molecule has 1 aromatic rings. The lowest BCUT2D eigenvalue weighted by Gasteiger charge is -2.42. The number of carbonyl (C=O) groups is 1. The van der Waals surface area contributed by atoms with Crippen molar-refractivity contribution >= 4 is 23.3 Å². The zero-order valence-corrected chi connectivity index (χ0v) is 23.2. The van der Waals surface area contributed by atoms with Crippen molar-refractivity contribution in [3.05, 3.63) is 70.4 Å². The van der Waals surface area contributed by atoms with Crippen LogP contribution in [-0.4, -0.2) is 54.3 Å². The van der Waals surface area contributed by atoms with E-state index in [1.54, 1.807) is 13.2 Å². The molecule has 0 radical (unpaired) electrons. The average molecular weight is 529 g/mol. The summed E-state index contributed by atoms with van der Waals surface area (Å²) in [6.07, 6.45) is 6.33. The van der Waals surface area contributed by atoms with Gasteiger partial charge in [0, 0.05) is 24.7 Å². The highest BCUT2D eigenvalue weighted by Gasteiger charge is 2.34. The second-order valence-corrected chi connectivity index (χ2v) is 9.49. The van der Waals surface area contributed by atoms with Crippen LogP contribution in [0.15, 0.2) is 64.8 Å². The summed E-state index contributed by atoms with van der Waals surface area (Å²) < 4.78 is 19.1. The molecule has 0 N–H and O–H groups in total. The van der Waals surface area contributed by atoms with Crippen molar-refractivity contribution < 1.29 is 13.9 Å². The highest BCUT2D eigenvalue weighted by molar-refractivity contribution is 6.31. The lowest BCUT2D eigenvalue weighted by atomic mass is 9.96. The van der Waals surface area contributed by atoms with E-state index in [4.69, 9.17) is 21.3 Å². The predicted molar refractivity (Wildman–Crippen MR) is 148 cm³/mol. The predicted octanol–water partition coefficient (Wildman–Crippen LogP) is 6.60. The lowest BCUT2D eigenvalue weighted by Crippen LogP contribution is -2.56. The Morgan fingerprint density at radius 3 is 2.68 bits per heavy atom. The highest BCUT2D eigenvalue weighted by Crippen LogP contribution is 2.26. The van der Waals surface area contributed by atoms with Gasteiger partial charge in [0.05, 0.1) is 25.6 Å². The Kier molecular flexibility index (Phi) is 12.4. The van der Waals surface area contributed by atoms with Gasteiger partial charge in [-0.25, -0.2) is 4.39 Å². The number of hydrogen-bond donors (Lipinski definition) is 0. The SMILES string of the molecule is C=C(F)C(=O)N1CCN(C(=N/C(=C/C)OC)/C(CCC)=C(\C)CCCc2ccccc2Cl)CC1CC#N. The van der Waals surface area contributed by atoms with Crippen molar-refractivity contribution in [2.24, 2.45) is 4.99 Å². The van der Waals surface area contributed by atoms with E-state index in [1.165, 1.54) is 10.5 Å². The standard InChI is InChI=1S/C29H38ClFN4O2/c1-6-11-25(21(3)12-10-14-23-13-8-9-15-26(23)30)28(33-27(7-2)37-5)34-18-19-35(29(36)22(4)31)24(20-34)16-17-32/h7-9,13,15,24H,4,6,10-12,14,16,18-20H2,1-3,5H3/b25-21+,27-7-,33-28+. The lowest BCUT2D eigenvalue weighted by molar-refractivity contribution is -0.132. The summed E-state index contributed by atoms with van der Waals surface area (Å²) in [6, 6.07) is 9.57. The molecule has 0 aromatic heterocycles. The number of aliphatic imine (C=N–C) groups is 1. The van der Waals surface area contributed by atoms with Gasteiger partial charge in [-0.15, -0.1) is 0 Å². The molecule has 0 bridgehead atoms. The minimum atomic E-state index is -1.01. The third-order valence-corrected chi connectivity index (χ3v) is 6.88. The number of rotatable bonds is 11. The maximum atomic E-state index is 13.7. The van der Waals surface area contributed by atoms with Gasteiger partial charge in [-0.05, 0) is 62.8 Å². The van der Waals surface area contributed by atoms with Gasteiger partial charge in [0.1, 0.15) is 5.84 Å². The van der Waals surface area contributed by atoms with Gasteiger partial charge in [-0.3, -0.25) is 4.79 Å². The first-order valence-corrected chi connectivity index (χ1v) is 13.1. The molecule has 1 aliphatic heterocycles. The molecule has 1 saturated heterocycles. The summed E-state index contributed by atoms with van der Waals surface area (Å²) in [7, 11) is 1.58. The quantitative estimate of drug-likeness (QED) is 0.140. The number of amidine groups is 1. The molecule has 0 aliphatic carbocycles. The number of halogens is 2. The largest absolute Gasteiger partial charge is 0.481 e. The van der Waals surface area contributed by atoms with E-state index in [2.05, 4.69) is 37.5 Å². The van der Waals surface area contributed by atoms with Crippen LogP contribution in [0.3, 0.4) is 0 Å². The second-order valence-electron chi connectivity index (χ2n) is 9.09. The van der Waals surface area contributed by atoms with Crippen molar-refractivity contribution in [3.8, 4) is 6.07 Å². The smallest absolute Gasteiger partial charge is 0.282 e. The summed E-state index contributed by atoms with van der Waals surface area (Å²) >= 11 is 6.35. The molecule has 1 fully saturated rings. The zero-order valence-electron chi connectivity index (χ0n) is 22.4. The molecule has 8 heteroatoms. The van der Waals surface area contributed by atoms with Crippen molar-refractivity contribution in [3.63, 3.8) is 0 Å². The number of nitriles is 1. The molecular weight excluding hydrogens is 491 g/mol. The van der Waals surface area contributed by atoms with Crippen LogP contribution in [-0.2, 0) is 16.0 Å². The molecule has 0 saturated carbocycles. The van der Waals surface area contributed by atoms with E-state index >= 15 is 0 Å². The van der Waals surface area contributed by atoms with Crippen molar-refractivity contribution in [2.45, 2.75) is 65.3 Å². The number of allylic oxidation sites excluding steroid dienone is 2. The summed E-state index contributed by atoms with van der Waals surface area (Å²) in [5, 5.41) is 10.2. The summed E-state index contributed by atoms with van der Waals surface area (Å²) in [6.45, 7) is 10.4. The maximum Gasteiger partial charge on any atom is 0.282 e. The highest BCUT2D eigenvalue weighted by atomic mass is 35.5. The van der Waals surface area contributed by atoms with Gasteiger partial charge in [-0.2, -0.15) is 10.3 Å². The monoisotopic (exact) mass is 528 g/mol. The van der Waals surface area contributed by atoms with E-state index in [9.17, 15) is 14.4 Å². The molecule has 1 amide bonds. The number of nitrogens with zero attached hydrogens (tertiary/aromatic N) is 4. The number of amides is 1. The number of ether oxygens (including phenoxy) is 1. The van der Waals surface area contributed by atoms with Gasteiger partial charge in [0.2, 0.25) is 5.88 Å². The molecule has 2 rings (SSSR count). The molecule has 0 spiro atoms. The molecule has 1 heterocycles. The number of benzene rings is 1. The van der Waals surface area contributed by atoms with E-state index in [0.717, 1.165) is 54.1 Å². The van der Waals surface area contributed by atoms with Crippen molar-refractivity contribution in [1.29, 1.82) is 5.26 Å². The first-order valence-electron chi connectivity index (χ1n) is 12.8. The van der Waals surface area contributed by atoms with E-state index in [-0.39, 0.29) is 13.0 Å². The van der Waals surface area contributed by atoms with Crippen LogP contribution >= 0.6 is 11.6 Å². The minimum Gasteiger partial charge on any atom is -0.481 e. The zero-order chi connectivity index (χ0) is 27.4. The van der Waals surface area contributed by atoms with Crippen LogP contribution in [0.1, 0.15) is 58.4 Å². The molecule has 1 aromatic carbocycles. The van der Waals surface area contributed by atoms with Crippen molar-refractivity contribution in [1.82, 2.24) is 9.80 Å². The first-order chi connectivity index (χ1) is 17.8. The Morgan fingerprint density at radius 2 is 2.08 bits per heavy atom. The number of carbonyl (C=O) groups excluding carboxylic acids is 1. The van der Waals surface area contributed by atoms with Gasteiger partial charge in [0.15, 0.2) is 5.83 Å². The first kappa shape index (κ1) is 30.1. The molecule has 1 unspecified atom stereocenters. The molecule has 1 atom stereocenters. The Morgan fingerprint density at radius 1 is 1.35 bits per heavy atom. The second kappa shape index (κ2) is 15.2. The van der Waals surface area contributed by atoms with E-state index < -0.39 is 17.8 Å². The number of hydrogen-bond acceptors (Lipinski definition) is 4. The van der Waals surface area contributed by atoms with E-state index in [1.807, 2.05) is 25.1 Å². The fourth-order valence-corrected chi connectivity index (χ4v) is 4.80. The fraction of sp³-hybridized carbons (Fsp3) is 0.483. The van der Waals surface area contributed by atoms with Gasteiger partial charge >= 0.3 is 0 Å². The minimum absolute atomic E-state index is 0.0905. The third kappa shape index (κ3) is 8.46. The van der Waals surface area contributed by atoms with Gasteiger partial charge in [0.25, 0.3) is 5.91 Å². The Hall–Kier alpha value is -3.11. The average Bonchev–Trinajstić information content (AvgIpc) is 2.89. The molecule has 200 valence electrons. The molecule has 37 heavy (non-hydrogen) atoms. The summed E-state index contributed by atoms with van der Waals surface area (Å²) in [5.41, 5.74) is 3.49. The Bertz CT molecular complexity index is 1090. The van der Waals surface area contributed by atoms with Gasteiger partial charge < -0.3 is 14.5 Å². The van der Waals surface area contributed by atoms with Crippen LogP contribution in [0, 0.1) is 11.3 Å². The van der Waals surface area contributed by atoms with Crippen LogP contribution in [0.4, 0.5) is 4.39 Å². The molecular formula is C29H38ClFN4O2. The normalized spacial score (nSPS) is 17.3. The number of methoxy groups -OCH3 is 1.